The highest BCUT2D eigenvalue weighted by Crippen LogP contribution is 2.31. The summed E-state index contributed by atoms with van der Waals surface area (Å²) in [6.07, 6.45) is 4.96. The number of rotatable bonds is 5. The monoisotopic (exact) mass is 408 g/mol. The van der Waals surface area contributed by atoms with E-state index in [-0.39, 0.29) is 0 Å². The van der Waals surface area contributed by atoms with E-state index in [0.717, 1.165) is 35.0 Å². The van der Waals surface area contributed by atoms with E-state index < -0.39 is 0 Å². The van der Waals surface area contributed by atoms with Crippen LogP contribution in [0.3, 0.4) is 0 Å². The lowest BCUT2D eigenvalue weighted by molar-refractivity contribution is 0.689. The van der Waals surface area contributed by atoms with E-state index in [1.165, 1.54) is 27.1 Å². The first kappa shape index (κ1) is 19.6. The zero-order valence-corrected chi connectivity index (χ0v) is 18.5. The first-order valence-corrected chi connectivity index (χ1v) is 11.1. The molecule has 1 unspecified atom stereocenters. The Bertz CT molecular complexity index is 1370. The fraction of sp³-hybridized carbons (Fsp3) is 0.259. The van der Waals surface area contributed by atoms with Crippen LogP contribution in [0.25, 0.3) is 44.1 Å². The van der Waals surface area contributed by atoms with Gasteiger partial charge >= 0.3 is 0 Å². The highest BCUT2D eigenvalue weighted by atomic mass is 14.9. The Balaban J connectivity index is 1.52. The average Bonchev–Trinajstić information content (AvgIpc) is 3.47. The van der Waals surface area contributed by atoms with Crippen molar-refractivity contribution >= 4 is 21.5 Å². The summed E-state index contributed by atoms with van der Waals surface area (Å²) >= 11 is 0. The molecule has 0 aliphatic heterocycles. The van der Waals surface area contributed by atoms with Crippen LogP contribution in [0.5, 0.6) is 0 Å². The van der Waals surface area contributed by atoms with Gasteiger partial charge in [0.2, 0.25) is 0 Å². The Hall–Kier alpha value is -3.40. The van der Waals surface area contributed by atoms with Gasteiger partial charge in [-0.3, -0.25) is 0 Å². The van der Waals surface area contributed by atoms with Gasteiger partial charge in [-0.2, -0.15) is 0 Å². The van der Waals surface area contributed by atoms with Gasteiger partial charge in [-0.05, 0) is 52.2 Å². The summed E-state index contributed by atoms with van der Waals surface area (Å²) in [4.78, 5) is 16.0. The molecule has 2 aromatic heterocycles. The molecule has 0 aliphatic carbocycles. The fourth-order valence-electron chi connectivity index (χ4n) is 4.04. The number of H-pyrrole nitrogens is 2. The molecule has 4 heteroatoms. The zero-order chi connectivity index (χ0) is 21.5. The number of aromatic amines is 2. The second kappa shape index (κ2) is 7.69. The van der Waals surface area contributed by atoms with E-state index in [0.29, 0.717) is 11.8 Å². The van der Waals surface area contributed by atoms with Gasteiger partial charge in [0.15, 0.2) is 0 Å². The molecule has 5 aromatic rings. The maximum atomic E-state index is 4.58. The van der Waals surface area contributed by atoms with E-state index in [9.17, 15) is 0 Å². The Morgan fingerprint density at radius 1 is 0.677 bits per heavy atom. The predicted molar refractivity (Wildman–Crippen MR) is 129 cm³/mol. The second-order valence-electron chi connectivity index (χ2n) is 8.80. The summed E-state index contributed by atoms with van der Waals surface area (Å²) in [5, 5.41) is 4.95. The molecule has 2 N–H and O–H groups in total. The molecule has 0 fully saturated rings. The molecule has 3 aromatic carbocycles. The molecule has 5 rings (SSSR count). The zero-order valence-electron chi connectivity index (χ0n) is 18.5. The summed E-state index contributed by atoms with van der Waals surface area (Å²) in [7, 11) is 0. The van der Waals surface area contributed by atoms with Crippen molar-refractivity contribution in [3.05, 3.63) is 72.6 Å². The highest BCUT2D eigenvalue weighted by Gasteiger charge is 2.10. The van der Waals surface area contributed by atoms with Crippen molar-refractivity contribution in [2.24, 2.45) is 0 Å². The second-order valence-corrected chi connectivity index (χ2v) is 8.80. The number of hydrogen-bond acceptors (Lipinski definition) is 2. The molecular formula is C27H28N4. The smallest absolute Gasteiger partial charge is 0.109 e. The van der Waals surface area contributed by atoms with Gasteiger partial charge in [0.1, 0.15) is 11.6 Å². The molecular weight excluding hydrogens is 380 g/mol. The molecule has 0 spiro atoms. The Kier molecular flexibility index (Phi) is 4.85. The van der Waals surface area contributed by atoms with Crippen LogP contribution >= 0.6 is 0 Å². The van der Waals surface area contributed by atoms with E-state index in [4.69, 9.17) is 0 Å². The van der Waals surface area contributed by atoms with Crippen molar-refractivity contribution in [1.82, 2.24) is 19.9 Å². The largest absolute Gasteiger partial charge is 0.342 e. The molecule has 31 heavy (non-hydrogen) atoms. The molecule has 2 heterocycles. The van der Waals surface area contributed by atoms with Crippen LogP contribution in [0, 0.1) is 0 Å². The molecule has 156 valence electrons. The normalized spacial score (nSPS) is 12.8. The first-order chi connectivity index (χ1) is 15.0. The fourth-order valence-corrected chi connectivity index (χ4v) is 4.04. The van der Waals surface area contributed by atoms with E-state index in [2.05, 4.69) is 96.2 Å². The summed E-state index contributed by atoms with van der Waals surface area (Å²) in [5.74, 6) is 2.92. The van der Waals surface area contributed by atoms with Crippen LogP contribution < -0.4 is 0 Å². The number of nitrogens with zero attached hydrogens (tertiary/aromatic N) is 2. The lowest BCUT2D eigenvalue weighted by Crippen LogP contribution is -1.93. The van der Waals surface area contributed by atoms with Crippen LogP contribution in [0.15, 0.2) is 60.9 Å². The molecule has 0 aliphatic rings. The van der Waals surface area contributed by atoms with Gasteiger partial charge in [-0.1, -0.05) is 52.0 Å². The number of benzene rings is 3. The summed E-state index contributed by atoms with van der Waals surface area (Å²) < 4.78 is 0. The predicted octanol–water partition coefficient (Wildman–Crippen LogP) is 7.41. The number of nitrogens with one attached hydrogen (secondary N) is 2. The molecule has 4 nitrogen and oxygen atoms in total. The number of fused-ring (bicyclic) bond motifs is 2. The van der Waals surface area contributed by atoms with Gasteiger partial charge in [-0.15, -0.1) is 0 Å². The van der Waals surface area contributed by atoms with Gasteiger partial charge < -0.3 is 9.97 Å². The maximum absolute atomic E-state index is 4.58. The quantitative estimate of drug-likeness (QED) is 0.297. The van der Waals surface area contributed by atoms with Gasteiger partial charge in [0, 0.05) is 23.0 Å². The Labute approximate surface area is 182 Å². The number of imidazole rings is 2. The molecule has 0 radical (unpaired) electrons. The van der Waals surface area contributed by atoms with E-state index in [1.54, 1.807) is 0 Å². The van der Waals surface area contributed by atoms with Crippen LogP contribution in [-0.2, 0) is 0 Å². The summed E-state index contributed by atoms with van der Waals surface area (Å²) in [6.45, 7) is 8.70. The van der Waals surface area contributed by atoms with Crippen molar-refractivity contribution < 1.29 is 0 Å². The lowest BCUT2D eigenvalue weighted by atomic mass is 9.99. The van der Waals surface area contributed by atoms with Crippen molar-refractivity contribution in [2.75, 3.05) is 0 Å². The van der Waals surface area contributed by atoms with E-state index in [1.807, 2.05) is 12.4 Å². The van der Waals surface area contributed by atoms with Crippen LogP contribution in [-0.4, -0.2) is 19.9 Å². The Morgan fingerprint density at radius 3 is 1.68 bits per heavy atom. The van der Waals surface area contributed by atoms with Crippen LogP contribution in [0.2, 0.25) is 0 Å². The van der Waals surface area contributed by atoms with Crippen LogP contribution in [0.4, 0.5) is 0 Å². The molecule has 1 atom stereocenters. The van der Waals surface area contributed by atoms with Crippen molar-refractivity contribution in [1.29, 1.82) is 0 Å². The van der Waals surface area contributed by atoms with Crippen molar-refractivity contribution in [3.8, 4) is 22.5 Å². The minimum absolute atomic E-state index is 0.392. The molecule has 0 saturated carbocycles. The van der Waals surface area contributed by atoms with Crippen molar-refractivity contribution in [3.63, 3.8) is 0 Å². The molecule has 0 saturated heterocycles. The lowest BCUT2D eigenvalue weighted by Gasteiger charge is -2.07. The van der Waals surface area contributed by atoms with Gasteiger partial charge in [0.25, 0.3) is 0 Å². The maximum Gasteiger partial charge on any atom is 0.109 e. The molecule has 0 bridgehead atoms. The Morgan fingerprint density at radius 2 is 1.19 bits per heavy atom. The standard InChI is InChI=1S/C27H28N4/c1-5-17(4)27-29-15-25(31-27)21-9-7-19-10-22-12-20(8-6-18(22)11-23(19)13-21)24-14-28-26(30-24)16(2)3/h6-17H,5H2,1-4H3,(H,28,30)(H,29,31). The summed E-state index contributed by atoms with van der Waals surface area (Å²) in [6, 6.07) is 17.8. The van der Waals surface area contributed by atoms with Gasteiger partial charge in [-0.25, -0.2) is 9.97 Å². The first-order valence-electron chi connectivity index (χ1n) is 11.1. The number of hydrogen-bond donors (Lipinski definition) is 2. The van der Waals surface area contributed by atoms with Crippen LogP contribution in [0.1, 0.15) is 57.6 Å². The molecule has 0 amide bonds. The van der Waals surface area contributed by atoms with E-state index >= 15 is 0 Å². The third-order valence-electron chi connectivity index (χ3n) is 6.23. The SMILES string of the molecule is CCC(C)c1ncc(-c2ccc3cc4cc(-c5cnc(C(C)C)[nH]5)ccc4cc3c2)[nH]1. The summed E-state index contributed by atoms with van der Waals surface area (Å²) in [5.41, 5.74) is 4.48. The highest BCUT2D eigenvalue weighted by molar-refractivity contribution is 6.00. The van der Waals surface area contributed by atoms with Crippen molar-refractivity contribution in [2.45, 2.75) is 46.0 Å². The third kappa shape index (κ3) is 3.63. The average molecular weight is 409 g/mol. The number of aromatic nitrogens is 4. The van der Waals surface area contributed by atoms with Gasteiger partial charge in [0.05, 0.1) is 23.8 Å². The minimum Gasteiger partial charge on any atom is -0.342 e. The third-order valence-corrected chi connectivity index (χ3v) is 6.23. The topological polar surface area (TPSA) is 57.4 Å². The minimum atomic E-state index is 0.392.